The number of hydrogen-bond donors (Lipinski definition) is 0. The van der Waals surface area contributed by atoms with E-state index >= 15 is 0 Å². The molecule has 0 bridgehead atoms. The molecule has 0 aliphatic rings. The summed E-state index contributed by atoms with van der Waals surface area (Å²) in [5.74, 6) is 0.350. The highest BCUT2D eigenvalue weighted by Crippen LogP contribution is 2.26. The molecule has 1 aromatic rings. The maximum atomic E-state index is 13.1. The van der Waals surface area contributed by atoms with E-state index in [0.29, 0.717) is 10.6 Å². The van der Waals surface area contributed by atoms with Gasteiger partial charge in [0, 0.05) is 10.6 Å². The summed E-state index contributed by atoms with van der Waals surface area (Å²) in [6, 6.07) is 4.97. The number of rotatable bonds is 3. The fourth-order valence-electron chi connectivity index (χ4n) is 0.744. The Hall–Kier alpha value is -0.470. The van der Waals surface area contributed by atoms with Crippen LogP contribution in [0.1, 0.15) is 0 Å². The number of hydrogen-bond acceptors (Lipinski definition) is 1. The largest absolute Gasteiger partial charge is 0.204 e. The van der Waals surface area contributed by atoms with Crippen molar-refractivity contribution in [1.82, 2.24) is 0 Å². The summed E-state index contributed by atoms with van der Waals surface area (Å²) in [5, 5.41) is 0.170. The van der Waals surface area contributed by atoms with E-state index in [0.717, 1.165) is 0 Å². The molecule has 0 atom stereocenters. The lowest BCUT2D eigenvalue weighted by molar-refractivity contribution is 0.602. The van der Waals surface area contributed by atoms with Gasteiger partial charge in [0.05, 0.1) is 5.02 Å². The Morgan fingerprint density at radius 2 is 2.33 bits per heavy atom. The second-order valence-electron chi connectivity index (χ2n) is 2.15. The van der Waals surface area contributed by atoms with Crippen LogP contribution in [0.2, 0.25) is 5.02 Å². The molecule has 0 aliphatic carbocycles. The van der Waals surface area contributed by atoms with Crippen LogP contribution in [-0.2, 0) is 0 Å². The zero-order valence-electron chi connectivity index (χ0n) is 6.39. The van der Waals surface area contributed by atoms with E-state index in [-0.39, 0.29) is 10.8 Å². The van der Waals surface area contributed by atoms with Crippen molar-refractivity contribution in [2.45, 2.75) is 4.90 Å². The van der Waals surface area contributed by atoms with Crippen LogP contribution >= 0.6 is 23.4 Å². The maximum absolute atomic E-state index is 13.1. The Labute approximate surface area is 80.4 Å². The first-order valence-corrected chi connectivity index (χ1v) is 4.79. The van der Waals surface area contributed by atoms with Gasteiger partial charge in [0.2, 0.25) is 0 Å². The van der Waals surface area contributed by atoms with Gasteiger partial charge in [-0.25, -0.2) is 4.39 Å². The van der Waals surface area contributed by atoms with Crippen molar-refractivity contribution < 1.29 is 4.39 Å². The zero-order valence-corrected chi connectivity index (χ0v) is 7.96. The second-order valence-corrected chi connectivity index (χ2v) is 3.62. The molecule has 1 aromatic carbocycles. The highest BCUT2D eigenvalue weighted by molar-refractivity contribution is 7.99. The fourth-order valence-corrected chi connectivity index (χ4v) is 1.68. The molecule has 0 radical (unpaired) electrons. The average molecular weight is 203 g/mol. The molecule has 0 unspecified atom stereocenters. The van der Waals surface area contributed by atoms with Crippen molar-refractivity contribution in [3.8, 4) is 0 Å². The van der Waals surface area contributed by atoms with Crippen LogP contribution in [0.4, 0.5) is 4.39 Å². The topological polar surface area (TPSA) is 0 Å². The lowest BCUT2D eigenvalue weighted by Crippen LogP contribution is -1.82. The molecule has 3 heteroatoms. The molecule has 0 aliphatic heterocycles. The van der Waals surface area contributed by atoms with Crippen molar-refractivity contribution in [1.29, 1.82) is 0 Å². The molecular weight excluding hydrogens is 195 g/mol. The van der Waals surface area contributed by atoms with E-state index in [4.69, 9.17) is 11.6 Å². The van der Waals surface area contributed by atoms with E-state index in [1.165, 1.54) is 17.8 Å². The normalized spacial score (nSPS) is 9.83. The van der Waals surface area contributed by atoms with E-state index < -0.39 is 0 Å². The average Bonchev–Trinajstić information content (AvgIpc) is 2.08. The summed E-state index contributed by atoms with van der Waals surface area (Å²) in [7, 11) is 0. The smallest absolute Gasteiger partial charge is 0.155 e. The molecule has 12 heavy (non-hydrogen) atoms. The third-order valence-corrected chi connectivity index (χ3v) is 2.59. The third-order valence-electron chi connectivity index (χ3n) is 1.27. The second kappa shape index (κ2) is 4.53. The van der Waals surface area contributed by atoms with Crippen molar-refractivity contribution in [2.75, 3.05) is 5.75 Å². The Balaban J connectivity index is 2.84. The number of benzene rings is 1. The van der Waals surface area contributed by atoms with E-state index in [1.54, 1.807) is 18.2 Å². The van der Waals surface area contributed by atoms with E-state index in [1.807, 2.05) is 0 Å². The molecule has 0 heterocycles. The zero-order chi connectivity index (χ0) is 8.97. The molecule has 0 nitrogen and oxygen atoms in total. The highest BCUT2D eigenvalue weighted by atomic mass is 35.5. The maximum Gasteiger partial charge on any atom is 0.155 e. The van der Waals surface area contributed by atoms with Crippen LogP contribution < -0.4 is 0 Å². The molecule has 0 aromatic heterocycles. The van der Waals surface area contributed by atoms with Crippen molar-refractivity contribution in [2.24, 2.45) is 0 Å². The van der Waals surface area contributed by atoms with Gasteiger partial charge in [-0.3, -0.25) is 0 Å². The van der Waals surface area contributed by atoms with Crippen LogP contribution in [0.15, 0.2) is 35.7 Å². The fraction of sp³-hybridized carbons (Fsp3) is 0.111. The first-order chi connectivity index (χ1) is 5.75. The minimum atomic E-state index is -0.342. The summed E-state index contributed by atoms with van der Waals surface area (Å²) in [6.45, 7) is 3.55. The molecule has 0 spiro atoms. The molecule has 0 saturated carbocycles. The van der Waals surface area contributed by atoms with Crippen LogP contribution in [0.25, 0.3) is 0 Å². The number of halogens is 2. The molecule has 0 saturated heterocycles. The Morgan fingerprint density at radius 1 is 1.58 bits per heavy atom. The van der Waals surface area contributed by atoms with E-state index in [2.05, 4.69) is 6.58 Å². The lowest BCUT2D eigenvalue weighted by atomic mass is 10.3. The quantitative estimate of drug-likeness (QED) is 0.531. The summed E-state index contributed by atoms with van der Waals surface area (Å²) >= 11 is 6.96. The summed E-state index contributed by atoms with van der Waals surface area (Å²) < 4.78 is 13.1. The van der Waals surface area contributed by atoms with Crippen molar-refractivity contribution in [3.05, 3.63) is 41.7 Å². The van der Waals surface area contributed by atoms with Gasteiger partial charge < -0.3 is 0 Å². The SMILES string of the molecule is C=CCSc1cccc(Cl)c1F. The summed E-state index contributed by atoms with van der Waals surface area (Å²) in [6.07, 6.45) is 1.73. The van der Waals surface area contributed by atoms with Crippen LogP contribution in [-0.4, -0.2) is 5.75 Å². The molecule has 64 valence electrons. The van der Waals surface area contributed by atoms with Gasteiger partial charge in [0.15, 0.2) is 5.82 Å². The Bertz CT molecular complexity index is 286. The van der Waals surface area contributed by atoms with Crippen molar-refractivity contribution in [3.63, 3.8) is 0 Å². The van der Waals surface area contributed by atoms with Crippen molar-refractivity contribution >= 4 is 23.4 Å². The first-order valence-electron chi connectivity index (χ1n) is 3.43. The predicted molar refractivity (Wildman–Crippen MR) is 52.3 cm³/mol. The van der Waals surface area contributed by atoms with Gasteiger partial charge in [-0.05, 0) is 12.1 Å². The highest BCUT2D eigenvalue weighted by Gasteiger charge is 2.04. The predicted octanol–water partition coefficient (Wildman–Crippen LogP) is 3.76. The molecule has 0 fully saturated rings. The van der Waals surface area contributed by atoms with Gasteiger partial charge >= 0.3 is 0 Å². The Morgan fingerprint density at radius 3 is 3.00 bits per heavy atom. The van der Waals surface area contributed by atoms with Crippen LogP contribution in [0.3, 0.4) is 0 Å². The number of thioether (sulfide) groups is 1. The molecular formula is C9H8ClFS. The molecule has 1 rings (SSSR count). The van der Waals surface area contributed by atoms with Gasteiger partial charge in [-0.2, -0.15) is 0 Å². The monoisotopic (exact) mass is 202 g/mol. The standard InChI is InChI=1S/C9H8ClFS/c1-2-6-12-8-5-3-4-7(10)9(8)11/h2-5H,1,6H2. The Kier molecular flexibility index (Phi) is 3.63. The minimum Gasteiger partial charge on any atom is -0.204 e. The third kappa shape index (κ3) is 2.26. The lowest BCUT2D eigenvalue weighted by Gasteiger charge is -2.00. The van der Waals surface area contributed by atoms with Crippen LogP contribution in [0, 0.1) is 5.82 Å². The summed E-state index contributed by atoms with van der Waals surface area (Å²) in [5.41, 5.74) is 0. The van der Waals surface area contributed by atoms with Crippen LogP contribution in [0.5, 0.6) is 0 Å². The van der Waals surface area contributed by atoms with Gasteiger partial charge in [-0.1, -0.05) is 23.7 Å². The van der Waals surface area contributed by atoms with E-state index in [9.17, 15) is 4.39 Å². The van der Waals surface area contributed by atoms with Gasteiger partial charge in [0.1, 0.15) is 0 Å². The molecule has 0 amide bonds. The van der Waals surface area contributed by atoms with Gasteiger partial charge in [-0.15, -0.1) is 18.3 Å². The first kappa shape index (κ1) is 9.62. The van der Waals surface area contributed by atoms with Gasteiger partial charge in [0.25, 0.3) is 0 Å². The summed E-state index contributed by atoms with van der Waals surface area (Å²) in [4.78, 5) is 0.572. The molecule has 0 N–H and O–H groups in total. The minimum absolute atomic E-state index is 0.170.